The summed E-state index contributed by atoms with van der Waals surface area (Å²) in [6, 6.07) is 7.13. The number of hydrogen-bond donors (Lipinski definition) is 5. The Balaban J connectivity index is 1.55. The maximum Gasteiger partial charge on any atom is 0.326 e. The normalized spacial score (nSPS) is 27.3. The lowest BCUT2D eigenvalue weighted by atomic mass is 9.52. The fraction of sp³-hybridized carbons (Fsp3) is 0.387. The summed E-state index contributed by atoms with van der Waals surface area (Å²) in [5.41, 5.74) is 2.96. The highest BCUT2D eigenvalue weighted by molar-refractivity contribution is 6.32. The van der Waals surface area contributed by atoms with Crippen LogP contribution in [0.3, 0.4) is 0 Å². The fourth-order valence-corrected chi connectivity index (χ4v) is 7.06. The van der Waals surface area contributed by atoms with Gasteiger partial charge in [0, 0.05) is 31.3 Å². The number of phenolic OH excluding ortho intramolecular Hbond substituents is 1. The largest absolute Gasteiger partial charge is 0.505 e. The minimum atomic E-state index is -2.86. The van der Waals surface area contributed by atoms with Gasteiger partial charge >= 0.3 is 6.03 Å². The molecule has 0 heterocycles. The number of imide groups is 1. The zero-order valence-corrected chi connectivity index (χ0v) is 25.0. The van der Waals surface area contributed by atoms with Gasteiger partial charge in [-0.1, -0.05) is 18.2 Å². The van der Waals surface area contributed by atoms with Crippen molar-refractivity contribution in [3.8, 4) is 5.75 Å². The number of urea groups is 1. The third-order valence-electron chi connectivity index (χ3n) is 9.03. The number of phenols is 1. The number of nitrogens with two attached hydrogens (primary N) is 1. The number of nitrogens with one attached hydrogen (secondary N) is 2. The van der Waals surface area contributed by atoms with E-state index in [1.54, 1.807) is 37.2 Å². The molecule has 5 rings (SSSR count). The number of Topliss-reactive ketones (excluding diaryl/α,β-unsaturated/α-hetero) is 4. The molecule has 3 aliphatic rings. The minimum Gasteiger partial charge on any atom is -0.505 e. The second-order valence-electron chi connectivity index (χ2n) is 12.1. The van der Waals surface area contributed by atoms with E-state index >= 15 is 0 Å². The van der Waals surface area contributed by atoms with E-state index in [0.717, 1.165) is 0 Å². The molecular weight excluding hydrogens is 586 g/mol. The summed E-state index contributed by atoms with van der Waals surface area (Å²) >= 11 is 0. The third kappa shape index (κ3) is 4.86. The number of nitrogens with zero attached hydrogens (tertiary/aromatic N) is 2. The van der Waals surface area contributed by atoms with E-state index < -0.39 is 82.0 Å². The molecule has 2 saturated carbocycles. The van der Waals surface area contributed by atoms with Gasteiger partial charge in [0.2, 0.25) is 5.91 Å². The van der Waals surface area contributed by atoms with Gasteiger partial charge in [-0.15, -0.1) is 0 Å². The first kappa shape index (κ1) is 31.5. The zero-order chi connectivity index (χ0) is 33.1. The SMILES string of the molecule is CN(C)c1cc(NC(=O)NC(=O)c2ccccc2)c(O)c2c1CC1CC3C(N(C)C)C(=O)C(C(N)=O)C(=O)C3(O)C(=O)C1C2=O. The molecule has 3 aliphatic carbocycles. The molecule has 0 radical (unpaired) electrons. The summed E-state index contributed by atoms with van der Waals surface area (Å²) in [4.78, 5) is 95.3. The molecule has 2 aromatic rings. The van der Waals surface area contributed by atoms with Crippen LogP contribution in [0.15, 0.2) is 36.4 Å². The third-order valence-corrected chi connectivity index (χ3v) is 9.03. The molecule has 14 heteroatoms. The molecule has 0 saturated heterocycles. The summed E-state index contributed by atoms with van der Waals surface area (Å²) in [5, 5.41) is 27.5. The van der Waals surface area contributed by atoms with E-state index in [-0.39, 0.29) is 29.7 Å². The van der Waals surface area contributed by atoms with Crippen molar-refractivity contribution in [3.05, 3.63) is 53.1 Å². The summed E-state index contributed by atoms with van der Waals surface area (Å²) in [6.07, 6.45) is -0.0482. The minimum absolute atomic E-state index is 0.0475. The first-order valence-corrected chi connectivity index (χ1v) is 14.2. The van der Waals surface area contributed by atoms with Crippen LogP contribution in [0.1, 0.15) is 32.7 Å². The summed E-state index contributed by atoms with van der Waals surface area (Å²) < 4.78 is 0. The highest BCUT2D eigenvalue weighted by Crippen LogP contribution is 2.52. The number of benzene rings is 2. The standard InChI is InChI=1S/C31H33N5O9/c1-35(2)18-12-17(33-30(44)34-29(43)13-8-6-5-7-9-13)23(37)20-15(18)10-14-11-16-22(36(3)4)25(39)21(28(32)42)27(41)31(16,45)26(40)19(14)24(20)38/h5-9,12,14,16,19,21-22,37,45H,10-11H2,1-4H3,(H2,32,42)(H2,33,34,43,44). The molecule has 6 atom stereocenters. The van der Waals surface area contributed by atoms with E-state index in [4.69, 9.17) is 5.73 Å². The average Bonchev–Trinajstić information content (AvgIpc) is 2.96. The fourth-order valence-electron chi connectivity index (χ4n) is 7.06. The van der Waals surface area contributed by atoms with Crippen molar-refractivity contribution >= 4 is 52.4 Å². The maximum absolute atomic E-state index is 14.1. The van der Waals surface area contributed by atoms with Gasteiger partial charge in [0.1, 0.15) is 5.75 Å². The molecular formula is C31H33N5O9. The van der Waals surface area contributed by atoms with Crippen LogP contribution in [-0.2, 0) is 25.6 Å². The first-order chi connectivity index (χ1) is 21.1. The molecule has 14 nitrogen and oxygen atoms in total. The van der Waals surface area contributed by atoms with Crippen molar-refractivity contribution in [1.29, 1.82) is 0 Å². The summed E-state index contributed by atoms with van der Waals surface area (Å²) in [5.74, 6) is -12.7. The number of aliphatic hydroxyl groups is 1. The van der Waals surface area contributed by atoms with Crippen molar-refractivity contribution in [2.24, 2.45) is 29.4 Å². The van der Waals surface area contributed by atoms with Crippen molar-refractivity contribution < 1.29 is 43.8 Å². The quantitative estimate of drug-likeness (QED) is 0.220. The lowest BCUT2D eigenvalue weighted by Crippen LogP contribution is -2.74. The molecule has 236 valence electrons. The molecule has 45 heavy (non-hydrogen) atoms. The number of hydrogen-bond acceptors (Lipinski definition) is 11. The van der Waals surface area contributed by atoms with Crippen molar-refractivity contribution in [1.82, 2.24) is 10.2 Å². The van der Waals surface area contributed by atoms with Gasteiger partial charge in [-0.25, -0.2) is 4.79 Å². The highest BCUT2D eigenvalue weighted by Gasteiger charge is 2.69. The molecule has 6 N–H and O–H groups in total. The van der Waals surface area contributed by atoms with Gasteiger partial charge in [-0.05, 0) is 56.6 Å². The van der Waals surface area contributed by atoms with Gasteiger partial charge in [0.15, 0.2) is 34.7 Å². The van der Waals surface area contributed by atoms with Gasteiger partial charge in [-0.2, -0.15) is 0 Å². The number of ketones is 4. The summed E-state index contributed by atoms with van der Waals surface area (Å²) in [7, 11) is 6.35. The Kier molecular flexibility index (Phi) is 7.83. The van der Waals surface area contributed by atoms with Crippen LogP contribution in [-0.4, -0.2) is 95.9 Å². The topological polar surface area (TPSA) is 217 Å². The number of anilines is 2. The van der Waals surface area contributed by atoms with E-state index in [1.165, 1.54) is 37.2 Å². The van der Waals surface area contributed by atoms with Gasteiger partial charge in [0.25, 0.3) is 5.91 Å². The Labute approximate surface area is 257 Å². The Morgan fingerprint density at radius 2 is 1.64 bits per heavy atom. The van der Waals surface area contributed by atoms with Crippen LogP contribution in [0, 0.1) is 23.7 Å². The Morgan fingerprint density at radius 3 is 2.22 bits per heavy atom. The van der Waals surface area contributed by atoms with Crippen molar-refractivity contribution in [3.63, 3.8) is 0 Å². The molecule has 0 aliphatic heterocycles. The number of rotatable bonds is 5. The lowest BCUT2D eigenvalue weighted by Gasteiger charge is -2.52. The van der Waals surface area contributed by atoms with Gasteiger partial charge in [-0.3, -0.25) is 39.0 Å². The molecule has 0 bridgehead atoms. The molecule has 4 amide bonds. The first-order valence-electron chi connectivity index (χ1n) is 14.2. The van der Waals surface area contributed by atoms with Crippen molar-refractivity contribution in [2.45, 2.75) is 24.5 Å². The molecule has 6 unspecified atom stereocenters. The number of carbonyl (C=O) groups is 7. The van der Waals surface area contributed by atoms with E-state index in [2.05, 4.69) is 10.6 Å². The number of carbonyl (C=O) groups excluding carboxylic acids is 7. The number of amides is 4. The van der Waals surface area contributed by atoms with Crippen LogP contribution in [0.4, 0.5) is 16.2 Å². The Bertz CT molecular complexity index is 1670. The smallest absolute Gasteiger partial charge is 0.326 e. The predicted octanol–water partition coefficient (Wildman–Crippen LogP) is -0.105. The number of fused-ring (bicyclic) bond motifs is 3. The van der Waals surface area contributed by atoms with E-state index in [0.29, 0.717) is 11.3 Å². The number of primary amides is 1. The molecule has 0 spiro atoms. The van der Waals surface area contributed by atoms with Crippen LogP contribution in [0.5, 0.6) is 5.75 Å². The van der Waals surface area contributed by atoms with Crippen molar-refractivity contribution in [2.75, 3.05) is 38.4 Å². The molecule has 2 aromatic carbocycles. The van der Waals surface area contributed by atoms with Crippen LogP contribution in [0.25, 0.3) is 0 Å². The van der Waals surface area contributed by atoms with Crippen LogP contribution in [0.2, 0.25) is 0 Å². The highest BCUT2D eigenvalue weighted by atomic mass is 16.3. The average molecular weight is 620 g/mol. The van der Waals surface area contributed by atoms with Gasteiger partial charge in [0.05, 0.1) is 23.2 Å². The lowest BCUT2D eigenvalue weighted by molar-refractivity contribution is -0.181. The van der Waals surface area contributed by atoms with E-state index in [9.17, 15) is 43.8 Å². The Morgan fingerprint density at radius 1 is 1.00 bits per heavy atom. The maximum atomic E-state index is 14.1. The number of aromatic hydroxyl groups is 1. The second kappa shape index (κ2) is 11.2. The molecule has 2 fully saturated rings. The zero-order valence-electron chi connectivity index (χ0n) is 25.0. The Hall–Kier alpha value is -4.95. The van der Waals surface area contributed by atoms with Crippen LogP contribution < -0.4 is 21.3 Å². The van der Waals surface area contributed by atoms with Gasteiger partial charge < -0.3 is 26.2 Å². The summed E-state index contributed by atoms with van der Waals surface area (Å²) in [6.45, 7) is 0. The predicted molar refractivity (Wildman–Crippen MR) is 159 cm³/mol. The number of likely N-dealkylation sites (N-methyl/N-ethyl adjacent to an activating group) is 1. The van der Waals surface area contributed by atoms with E-state index in [1.807, 2.05) is 0 Å². The van der Waals surface area contributed by atoms with Crippen LogP contribution >= 0.6 is 0 Å². The molecule has 0 aromatic heterocycles. The second-order valence-corrected chi connectivity index (χ2v) is 12.1. The monoisotopic (exact) mass is 619 g/mol.